The summed E-state index contributed by atoms with van der Waals surface area (Å²) in [6.07, 6.45) is 4.58. The van der Waals surface area contributed by atoms with Gasteiger partial charge < -0.3 is 14.2 Å². The summed E-state index contributed by atoms with van der Waals surface area (Å²) >= 11 is 0. The van der Waals surface area contributed by atoms with E-state index in [1.807, 2.05) is 0 Å². The summed E-state index contributed by atoms with van der Waals surface area (Å²) < 4.78 is 7.61. The zero-order valence-electron chi connectivity index (χ0n) is 37.6. The number of nitrogens with zero attached hydrogens (tertiary/aromatic N) is 2. The highest BCUT2D eigenvalue weighted by Gasteiger charge is 2.53. The third-order valence-electron chi connectivity index (χ3n) is 14.7. The Morgan fingerprint density at radius 2 is 1.11 bits per heavy atom. The molecule has 5 aromatic rings. The van der Waals surface area contributed by atoms with Crippen molar-refractivity contribution in [1.29, 1.82) is 0 Å². The van der Waals surface area contributed by atoms with Gasteiger partial charge in [-0.1, -0.05) is 133 Å². The molecule has 0 saturated heterocycles. The molecule has 57 heavy (non-hydrogen) atoms. The van der Waals surface area contributed by atoms with Crippen LogP contribution >= 0.6 is 0 Å². The van der Waals surface area contributed by atoms with Crippen molar-refractivity contribution in [2.45, 2.75) is 162 Å². The summed E-state index contributed by atoms with van der Waals surface area (Å²) in [5.74, 6) is 1.17. The molecule has 4 aromatic carbocycles. The highest BCUT2D eigenvalue weighted by atomic mass is 16.3. The maximum Gasteiger partial charge on any atom is 0.297 e. The minimum atomic E-state index is -0.0731. The van der Waals surface area contributed by atoms with E-state index in [1.165, 1.54) is 97.0 Å². The molecule has 9 rings (SSSR count). The largest absolute Gasteiger partial charge is 0.472 e. The lowest BCUT2D eigenvalue weighted by molar-refractivity contribution is 0.282. The van der Waals surface area contributed by atoms with E-state index in [2.05, 4.69) is 186 Å². The summed E-state index contributed by atoms with van der Waals surface area (Å²) in [6, 6.07) is 28.9. The van der Waals surface area contributed by atoms with Gasteiger partial charge in [0.2, 0.25) is 0 Å². The molecule has 1 aromatic heterocycles. The number of rotatable bonds is 2. The lowest BCUT2D eigenvalue weighted by Crippen LogP contribution is -2.61. The van der Waals surface area contributed by atoms with Crippen molar-refractivity contribution in [3.8, 4) is 0 Å². The van der Waals surface area contributed by atoms with Crippen molar-refractivity contribution in [3.63, 3.8) is 0 Å². The number of anilines is 6. The van der Waals surface area contributed by atoms with Crippen LogP contribution in [0.5, 0.6) is 0 Å². The van der Waals surface area contributed by atoms with E-state index in [9.17, 15) is 0 Å². The molecule has 4 aliphatic rings. The van der Waals surface area contributed by atoms with Gasteiger partial charge in [0.1, 0.15) is 5.76 Å². The predicted octanol–water partition coefficient (Wildman–Crippen LogP) is 13.0. The summed E-state index contributed by atoms with van der Waals surface area (Å²) in [4.78, 5) is 5.21. The molecule has 0 atom stereocenters. The zero-order valence-corrected chi connectivity index (χ0v) is 37.6. The van der Waals surface area contributed by atoms with Crippen molar-refractivity contribution >= 4 is 57.4 Å². The van der Waals surface area contributed by atoms with Crippen LogP contribution in [0.4, 0.5) is 34.1 Å². The Balaban J connectivity index is 1.41. The van der Waals surface area contributed by atoms with Crippen molar-refractivity contribution in [1.82, 2.24) is 0 Å². The average molecular weight is 757 g/mol. The second kappa shape index (κ2) is 12.0. The Bertz CT molecular complexity index is 2460. The fourth-order valence-electron chi connectivity index (χ4n) is 10.8. The molecule has 0 spiro atoms. The fourth-order valence-corrected chi connectivity index (χ4v) is 10.8. The maximum atomic E-state index is 7.61. The first kappa shape index (κ1) is 38.3. The van der Waals surface area contributed by atoms with Crippen LogP contribution < -0.4 is 26.4 Å². The Hall–Kier alpha value is -4.18. The van der Waals surface area contributed by atoms with Crippen LogP contribution in [0.25, 0.3) is 0 Å². The Labute approximate surface area is 344 Å². The predicted molar refractivity (Wildman–Crippen MR) is 245 cm³/mol. The lowest BCUT2D eigenvalue weighted by atomic mass is 9.35. The highest BCUT2D eigenvalue weighted by Crippen LogP contribution is 2.55. The first-order valence-corrected chi connectivity index (χ1v) is 21.7. The normalized spacial score (nSPS) is 19.7. The van der Waals surface area contributed by atoms with Gasteiger partial charge in [0, 0.05) is 39.4 Å². The van der Waals surface area contributed by atoms with Crippen LogP contribution in [0, 0.1) is 6.92 Å². The summed E-state index contributed by atoms with van der Waals surface area (Å²) in [5, 5.41) is 0. The third kappa shape index (κ3) is 5.66. The molecule has 0 N–H and O–H groups in total. The number of hydrogen-bond donors (Lipinski definition) is 0. The monoisotopic (exact) mass is 757 g/mol. The zero-order chi connectivity index (χ0) is 41.0. The molecular weight excluding hydrogens is 691 g/mol. The summed E-state index contributed by atoms with van der Waals surface area (Å²) in [5.41, 5.74) is 19.9. The van der Waals surface area contributed by atoms with Gasteiger partial charge in [0.15, 0.2) is 0 Å². The molecule has 0 fully saturated rings. The minimum Gasteiger partial charge on any atom is -0.472 e. The summed E-state index contributed by atoms with van der Waals surface area (Å²) in [7, 11) is 0. The second-order valence-corrected chi connectivity index (χ2v) is 22.9. The van der Waals surface area contributed by atoms with E-state index in [1.54, 1.807) is 0 Å². The Morgan fingerprint density at radius 3 is 1.70 bits per heavy atom. The molecule has 0 bridgehead atoms. The number of hydrogen-bond acceptors (Lipinski definition) is 3. The van der Waals surface area contributed by atoms with Crippen molar-refractivity contribution < 1.29 is 4.42 Å². The van der Waals surface area contributed by atoms with Gasteiger partial charge in [0.05, 0.1) is 11.3 Å². The average Bonchev–Trinajstić information content (AvgIpc) is 3.54. The van der Waals surface area contributed by atoms with Gasteiger partial charge in [-0.3, -0.25) is 0 Å². The number of fused-ring (bicyclic) bond motifs is 7. The molecule has 0 saturated carbocycles. The van der Waals surface area contributed by atoms with Crippen LogP contribution in [-0.2, 0) is 32.5 Å². The molecule has 0 radical (unpaired) electrons. The third-order valence-corrected chi connectivity index (χ3v) is 14.7. The first-order chi connectivity index (χ1) is 26.4. The van der Waals surface area contributed by atoms with E-state index in [4.69, 9.17) is 4.42 Å². The molecule has 3 heterocycles. The molecule has 3 nitrogen and oxygen atoms in total. The Kier molecular flexibility index (Phi) is 8.04. The van der Waals surface area contributed by atoms with Crippen molar-refractivity contribution in [2.24, 2.45) is 0 Å². The van der Waals surface area contributed by atoms with Crippen LogP contribution in [0.1, 0.15) is 162 Å². The fraction of sp³-hybridized carbons (Fsp3) is 0.472. The van der Waals surface area contributed by atoms with Gasteiger partial charge in [-0.25, -0.2) is 0 Å². The maximum absolute atomic E-state index is 7.61. The van der Waals surface area contributed by atoms with E-state index in [0.29, 0.717) is 0 Å². The Morgan fingerprint density at radius 1 is 0.561 bits per heavy atom. The van der Waals surface area contributed by atoms with Crippen LogP contribution in [0.3, 0.4) is 0 Å². The van der Waals surface area contributed by atoms with Gasteiger partial charge in [-0.05, 0) is 135 Å². The van der Waals surface area contributed by atoms with Crippen molar-refractivity contribution in [2.75, 3.05) is 9.80 Å². The SMILES string of the molecule is Cc1cc(C(C)(C)C)ccc1N1c2cc3c(cc2B2c4oc5c(c4N(c4ccc(C(C)(C)C)cc4)c4cccc1c42)C(C)(C)CCC5(C)C)C(C)(C)CCC3(C)C. The standard InChI is InChI=1S/C53H65BN2O/c1-32-29-34(49(5,6)7)21-24-39(32)56-41-18-16-17-40-44(41)54(38-30-36-37(31-42(38)56)51(10,11)26-25-50(36,8)9)47-45(43-46(57-47)53(14,15)28-27-52(43,12)13)55(40)35-22-19-33(20-23-35)48(2,3)4/h16-24,29-31H,25-28H2,1-15H3. The van der Waals surface area contributed by atoms with Gasteiger partial charge in [-0.15, -0.1) is 0 Å². The molecule has 0 amide bonds. The van der Waals surface area contributed by atoms with Gasteiger partial charge in [0.25, 0.3) is 6.71 Å². The molecule has 4 heteroatoms. The van der Waals surface area contributed by atoms with Crippen molar-refractivity contribution in [3.05, 3.63) is 112 Å². The quantitative estimate of drug-likeness (QED) is 0.164. The topological polar surface area (TPSA) is 19.6 Å². The number of benzene rings is 4. The molecule has 296 valence electrons. The molecule has 2 aliphatic carbocycles. The van der Waals surface area contributed by atoms with E-state index >= 15 is 0 Å². The summed E-state index contributed by atoms with van der Waals surface area (Å²) in [6.45, 7) is 35.7. The first-order valence-electron chi connectivity index (χ1n) is 21.7. The van der Waals surface area contributed by atoms with Crippen LogP contribution in [0.15, 0.2) is 77.2 Å². The molecule has 0 unspecified atom stereocenters. The second-order valence-electron chi connectivity index (χ2n) is 22.9. The highest BCUT2D eigenvalue weighted by molar-refractivity contribution is 6.99. The lowest BCUT2D eigenvalue weighted by Gasteiger charge is -2.47. The van der Waals surface area contributed by atoms with E-state index < -0.39 is 0 Å². The van der Waals surface area contributed by atoms with Crippen LogP contribution in [0.2, 0.25) is 0 Å². The van der Waals surface area contributed by atoms with Gasteiger partial charge in [-0.2, -0.15) is 0 Å². The smallest absolute Gasteiger partial charge is 0.297 e. The molecular formula is C53H65BN2O. The van der Waals surface area contributed by atoms with Crippen LogP contribution in [-0.4, -0.2) is 6.71 Å². The minimum absolute atomic E-state index is 0.0416. The molecule has 2 aliphatic heterocycles. The van der Waals surface area contributed by atoms with E-state index in [-0.39, 0.29) is 39.2 Å². The number of furan rings is 1. The van der Waals surface area contributed by atoms with E-state index in [0.717, 1.165) is 18.5 Å². The number of aryl methyl sites for hydroxylation is 1. The van der Waals surface area contributed by atoms with Gasteiger partial charge >= 0.3 is 0 Å².